The molecular weight excluding hydrogens is 328 g/mol. The zero-order chi connectivity index (χ0) is 17.8. The first-order chi connectivity index (χ1) is 12.7. The number of aromatic nitrogens is 2. The third kappa shape index (κ3) is 3.92. The van der Waals surface area contributed by atoms with Gasteiger partial charge < -0.3 is 9.64 Å². The number of carbonyl (C=O) groups is 1. The van der Waals surface area contributed by atoms with Gasteiger partial charge in [0.15, 0.2) is 0 Å². The van der Waals surface area contributed by atoms with E-state index in [0.717, 1.165) is 38.2 Å². The normalized spacial score (nSPS) is 20.5. The number of hydrogen-bond acceptors (Lipinski definition) is 5. The van der Waals surface area contributed by atoms with E-state index in [9.17, 15) is 4.79 Å². The Labute approximate surface area is 153 Å². The topological polar surface area (TPSA) is 58.6 Å². The SMILES string of the molecule is O=C1COC2(CCN(Cc3cccnc3)CC2)CN1Cc1ccccn1. The lowest BCUT2D eigenvalue weighted by atomic mass is 9.89. The van der Waals surface area contributed by atoms with Crippen molar-refractivity contribution in [2.75, 3.05) is 26.2 Å². The summed E-state index contributed by atoms with van der Waals surface area (Å²) in [6, 6.07) is 9.91. The molecule has 1 spiro atoms. The lowest BCUT2D eigenvalue weighted by molar-refractivity contribution is -0.172. The summed E-state index contributed by atoms with van der Waals surface area (Å²) in [6.45, 7) is 4.25. The monoisotopic (exact) mass is 352 g/mol. The number of hydrogen-bond donors (Lipinski definition) is 0. The van der Waals surface area contributed by atoms with Gasteiger partial charge in [0.2, 0.25) is 5.91 Å². The fourth-order valence-electron chi connectivity index (χ4n) is 3.79. The first-order valence-electron chi connectivity index (χ1n) is 9.15. The Bertz CT molecular complexity index is 730. The molecule has 4 heterocycles. The summed E-state index contributed by atoms with van der Waals surface area (Å²) in [6.07, 6.45) is 7.39. The van der Waals surface area contributed by atoms with Gasteiger partial charge in [-0.3, -0.25) is 19.7 Å². The quantitative estimate of drug-likeness (QED) is 0.841. The predicted octanol–water partition coefficient (Wildman–Crippen LogP) is 1.87. The average molecular weight is 352 g/mol. The molecule has 136 valence electrons. The van der Waals surface area contributed by atoms with Crippen molar-refractivity contribution in [2.24, 2.45) is 0 Å². The largest absolute Gasteiger partial charge is 0.363 e. The van der Waals surface area contributed by atoms with Gasteiger partial charge in [-0.05, 0) is 36.6 Å². The lowest BCUT2D eigenvalue weighted by Gasteiger charge is -2.47. The van der Waals surface area contributed by atoms with Gasteiger partial charge in [-0.1, -0.05) is 12.1 Å². The van der Waals surface area contributed by atoms with E-state index >= 15 is 0 Å². The van der Waals surface area contributed by atoms with Crippen LogP contribution in [0.15, 0.2) is 48.9 Å². The summed E-state index contributed by atoms with van der Waals surface area (Å²) in [4.78, 5) is 25.2. The van der Waals surface area contributed by atoms with Crippen LogP contribution < -0.4 is 0 Å². The Morgan fingerprint density at radius 1 is 1.08 bits per heavy atom. The van der Waals surface area contributed by atoms with Gasteiger partial charge in [0.1, 0.15) is 6.61 Å². The Morgan fingerprint density at radius 3 is 2.69 bits per heavy atom. The molecule has 6 heteroatoms. The molecule has 2 aromatic rings. The molecule has 2 fully saturated rings. The molecule has 0 atom stereocenters. The maximum atomic E-state index is 12.3. The van der Waals surface area contributed by atoms with Crippen molar-refractivity contribution >= 4 is 5.91 Å². The first-order valence-corrected chi connectivity index (χ1v) is 9.15. The minimum atomic E-state index is -0.214. The van der Waals surface area contributed by atoms with E-state index < -0.39 is 0 Å². The Kier molecular flexibility index (Phi) is 4.95. The Hall–Kier alpha value is -2.31. The van der Waals surface area contributed by atoms with Crippen LogP contribution in [0.3, 0.4) is 0 Å². The molecular formula is C20H24N4O2. The number of nitrogens with zero attached hydrogens (tertiary/aromatic N) is 4. The number of ether oxygens (including phenoxy) is 1. The maximum Gasteiger partial charge on any atom is 0.249 e. The molecule has 1 amide bonds. The van der Waals surface area contributed by atoms with E-state index in [1.807, 2.05) is 35.4 Å². The summed E-state index contributed by atoms with van der Waals surface area (Å²) in [5, 5.41) is 0. The highest BCUT2D eigenvalue weighted by Crippen LogP contribution is 2.31. The third-order valence-electron chi connectivity index (χ3n) is 5.31. The van der Waals surface area contributed by atoms with Gasteiger partial charge in [0.05, 0.1) is 24.4 Å². The summed E-state index contributed by atoms with van der Waals surface area (Å²) in [7, 11) is 0. The Morgan fingerprint density at radius 2 is 1.96 bits per heavy atom. The molecule has 0 N–H and O–H groups in total. The summed E-state index contributed by atoms with van der Waals surface area (Å²) < 4.78 is 6.03. The molecule has 4 rings (SSSR count). The van der Waals surface area contributed by atoms with Crippen molar-refractivity contribution in [1.82, 2.24) is 19.8 Å². The molecule has 2 saturated heterocycles. The molecule has 26 heavy (non-hydrogen) atoms. The Balaban J connectivity index is 1.36. The number of piperidine rings is 1. The highest BCUT2D eigenvalue weighted by atomic mass is 16.5. The van der Waals surface area contributed by atoms with E-state index in [4.69, 9.17) is 4.74 Å². The predicted molar refractivity (Wildman–Crippen MR) is 97.1 cm³/mol. The van der Waals surface area contributed by atoms with Gasteiger partial charge in [0, 0.05) is 38.2 Å². The van der Waals surface area contributed by atoms with E-state index in [0.29, 0.717) is 13.1 Å². The summed E-state index contributed by atoms with van der Waals surface area (Å²) in [5.41, 5.74) is 1.94. The summed E-state index contributed by atoms with van der Waals surface area (Å²) in [5.74, 6) is 0.0547. The number of likely N-dealkylation sites (tertiary alicyclic amines) is 1. The standard InChI is InChI=1S/C20H24N4O2/c25-19-15-26-20(16-24(19)14-18-5-1-2-9-22-18)6-10-23(11-7-20)13-17-4-3-8-21-12-17/h1-5,8-9,12H,6-7,10-11,13-16H2. The van der Waals surface area contributed by atoms with Crippen molar-refractivity contribution < 1.29 is 9.53 Å². The zero-order valence-corrected chi connectivity index (χ0v) is 14.9. The molecule has 0 saturated carbocycles. The fourth-order valence-corrected chi connectivity index (χ4v) is 3.79. The lowest BCUT2D eigenvalue weighted by Crippen LogP contribution is -2.58. The van der Waals surface area contributed by atoms with E-state index in [1.54, 1.807) is 12.4 Å². The van der Waals surface area contributed by atoms with Crippen LogP contribution in [-0.2, 0) is 22.6 Å². The van der Waals surface area contributed by atoms with Gasteiger partial charge in [-0.2, -0.15) is 0 Å². The highest BCUT2D eigenvalue weighted by molar-refractivity contribution is 5.78. The molecule has 2 aromatic heterocycles. The second-order valence-corrected chi connectivity index (χ2v) is 7.18. The van der Waals surface area contributed by atoms with Crippen molar-refractivity contribution in [1.29, 1.82) is 0 Å². The van der Waals surface area contributed by atoms with Gasteiger partial charge in [-0.25, -0.2) is 0 Å². The van der Waals surface area contributed by atoms with Gasteiger partial charge in [-0.15, -0.1) is 0 Å². The fraction of sp³-hybridized carbons (Fsp3) is 0.450. The number of rotatable bonds is 4. The minimum absolute atomic E-state index is 0.0547. The third-order valence-corrected chi connectivity index (χ3v) is 5.31. The molecule has 0 radical (unpaired) electrons. The molecule has 2 aliphatic rings. The molecule has 6 nitrogen and oxygen atoms in total. The second kappa shape index (κ2) is 7.51. The van der Waals surface area contributed by atoms with Crippen LogP contribution in [0, 0.1) is 0 Å². The summed E-state index contributed by atoms with van der Waals surface area (Å²) >= 11 is 0. The van der Waals surface area contributed by atoms with Crippen LogP contribution in [0.25, 0.3) is 0 Å². The van der Waals surface area contributed by atoms with Crippen LogP contribution in [0.2, 0.25) is 0 Å². The number of carbonyl (C=O) groups excluding carboxylic acids is 1. The molecule has 0 aromatic carbocycles. The number of pyridine rings is 2. The highest BCUT2D eigenvalue weighted by Gasteiger charge is 2.42. The van der Waals surface area contributed by atoms with Crippen molar-refractivity contribution in [2.45, 2.75) is 31.5 Å². The van der Waals surface area contributed by atoms with Crippen LogP contribution >= 0.6 is 0 Å². The van der Waals surface area contributed by atoms with Crippen molar-refractivity contribution in [3.63, 3.8) is 0 Å². The van der Waals surface area contributed by atoms with Crippen LogP contribution in [0.4, 0.5) is 0 Å². The molecule has 0 bridgehead atoms. The van der Waals surface area contributed by atoms with Gasteiger partial charge >= 0.3 is 0 Å². The zero-order valence-electron chi connectivity index (χ0n) is 14.9. The second-order valence-electron chi connectivity index (χ2n) is 7.18. The van der Waals surface area contributed by atoms with E-state index in [-0.39, 0.29) is 18.1 Å². The van der Waals surface area contributed by atoms with Crippen molar-refractivity contribution in [3.8, 4) is 0 Å². The van der Waals surface area contributed by atoms with E-state index in [2.05, 4.69) is 20.9 Å². The number of amides is 1. The first kappa shape index (κ1) is 17.1. The van der Waals surface area contributed by atoms with Crippen molar-refractivity contribution in [3.05, 3.63) is 60.2 Å². The van der Waals surface area contributed by atoms with Crippen LogP contribution in [0.1, 0.15) is 24.1 Å². The average Bonchev–Trinajstić information content (AvgIpc) is 2.69. The number of morpholine rings is 1. The smallest absolute Gasteiger partial charge is 0.249 e. The minimum Gasteiger partial charge on any atom is -0.363 e. The molecule has 0 unspecified atom stereocenters. The molecule has 0 aliphatic carbocycles. The molecule has 2 aliphatic heterocycles. The maximum absolute atomic E-state index is 12.3. The van der Waals surface area contributed by atoms with Gasteiger partial charge in [0.25, 0.3) is 0 Å². The van der Waals surface area contributed by atoms with Crippen LogP contribution in [0.5, 0.6) is 0 Å². The van der Waals surface area contributed by atoms with E-state index in [1.165, 1.54) is 5.56 Å². The van der Waals surface area contributed by atoms with Crippen LogP contribution in [-0.4, -0.2) is 57.5 Å².